The molecule has 0 saturated carbocycles. The van der Waals surface area contributed by atoms with Crippen LogP contribution < -0.4 is 11.1 Å². The van der Waals surface area contributed by atoms with Crippen LogP contribution in [-0.4, -0.2) is 13.2 Å². The van der Waals surface area contributed by atoms with Crippen molar-refractivity contribution in [3.05, 3.63) is 48.0 Å². The summed E-state index contributed by atoms with van der Waals surface area (Å²) in [6, 6.07) is 15.0. The molecule has 90 valence electrons. The Kier molecular flexibility index (Phi) is 3.46. The maximum absolute atomic E-state index is 5.52. The van der Waals surface area contributed by atoms with Gasteiger partial charge in [-0.25, -0.2) is 0 Å². The Balaban J connectivity index is 2.47. The van der Waals surface area contributed by atoms with E-state index in [1.807, 2.05) is 0 Å². The molecule has 0 aromatic heterocycles. The summed E-state index contributed by atoms with van der Waals surface area (Å²) < 4.78 is 0. The average Bonchev–Trinajstić information content (AvgIpc) is 2.36. The highest BCUT2D eigenvalue weighted by atomic mass is 15.0. The van der Waals surface area contributed by atoms with E-state index < -0.39 is 0 Å². The number of hydrogen-bond acceptors (Lipinski definition) is 2. The van der Waals surface area contributed by atoms with E-state index in [4.69, 9.17) is 5.73 Å². The number of benzene rings is 2. The highest BCUT2D eigenvalue weighted by Gasteiger charge is 2.21. The van der Waals surface area contributed by atoms with Gasteiger partial charge in [0.15, 0.2) is 0 Å². The molecule has 3 N–H and O–H groups in total. The molecular weight excluding hydrogens is 208 g/mol. The number of fused-ring (bicyclic) bond motifs is 1. The normalized spacial score (nSPS) is 11.9. The lowest BCUT2D eigenvalue weighted by atomic mass is 9.81. The fourth-order valence-corrected chi connectivity index (χ4v) is 2.30. The van der Waals surface area contributed by atoms with Crippen LogP contribution in [0.1, 0.15) is 19.4 Å². The third-order valence-corrected chi connectivity index (χ3v) is 3.23. The van der Waals surface area contributed by atoms with Crippen molar-refractivity contribution < 1.29 is 0 Å². The van der Waals surface area contributed by atoms with E-state index in [2.05, 4.69) is 61.6 Å². The van der Waals surface area contributed by atoms with Gasteiger partial charge in [-0.3, -0.25) is 0 Å². The van der Waals surface area contributed by atoms with Crippen molar-refractivity contribution in [2.75, 3.05) is 13.2 Å². The lowest BCUT2D eigenvalue weighted by Crippen LogP contribution is -2.36. The Labute approximate surface area is 103 Å². The van der Waals surface area contributed by atoms with Gasteiger partial charge in [0.05, 0.1) is 0 Å². The fraction of sp³-hybridized carbons (Fsp3) is 0.333. The highest BCUT2D eigenvalue weighted by molar-refractivity contribution is 5.86. The molecule has 17 heavy (non-hydrogen) atoms. The van der Waals surface area contributed by atoms with Crippen LogP contribution >= 0.6 is 0 Å². The molecule has 0 aliphatic rings. The van der Waals surface area contributed by atoms with Crippen molar-refractivity contribution in [2.24, 2.45) is 5.73 Å². The smallest absolute Gasteiger partial charge is 0.0429 e. The monoisotopic (exact) mass is 228 g/mol. The molecule has 0 radical (unpaired) electrons. The fourth-order valence-electron chi connectivity index (χ4n) is 2.30. The second-order valence-electron chi connectivity index (χ2n) is 5.04. The first kappa shape index (κ1) is 12.1. The molecule has 0 aliphatic heterocycles. The maximum Gasteiger partial charge on any atom is 0.0429 e. The van der Waals surface area contributed by atoms with E-state index in [0.717, 1.165) is 6.54 Å². The molecule has 0 saturated heterocycles. The Morgan fingerprint density at radius 1 is 1.06 bits per heavy atom. The second-order valence-corrected chi connectivity index (χ2v) is 5.04. The maximum atomic E-state index is 5.52. The van der Waals surface area contributed by atoms with E-state index >= 15 is 0 Å². The largest absolute Gasteiger partial charge is 0.318 e. The van der Waals surface area contributed by atoms with Crippen LogP contribution in [0.3, 0.4) is 0 Å². The summed E-state index contributed by atoms with van der Waals surface area (Å²) in [5.74, 6) is 0. The van der Waals surface area contributed by atoms with Crippen LogP contribution in [0, 0.1) is 0 Å². The van der Waals surface area contributed by atoms with Crippen molar-refractivity contribution in [3.8, 4) is 0 Å². The Morgan fingerprint density at radius 2 is 1.76 bits per heavy atom. The van der Waals surface area contributed by atoms with Gasteiger partial charge in [-0.05, 0) is 16.3 Å². The first-order valence-corrected chi connectivity index (χ1v) is 6.04. The summed E-state index contributed by atoms with van der Waals surface area (Å²) in [5, 5.41) is 5.86. The summed E-state index contributed by atoms with van der Waals surface area (Å²) in [6.45, 7) is 5.90. The number of nitrogens with two attached hydrogens (primary N) is 1. The van der Waals surface area contributed by atoms with E-state index in [1.165, 1.54) is 16.3 Å². The number of rotatable bonds is 4. The van der Waals surface area contributed by atoms with Crippen LogP contribution in [0.5, 0.6) is 0 Å². The molecule has 2 rings (SSSR count). The SMILES string of the molecule is CC(C)(CNCN)c1cccc2ccccc12. The minimum absolute atomic E-state index is 0.0836. The molecule has 0 fully saturated rings. The van der Waals surface area contributed by atoms with Crippen molar-refractivity contribution in [1.29, 1.82) is 0 Å². The first-order chi connectivity index (χ1) is 8.15. The summed E-state index contributed by atoms with van der Waals surface area (Å²) in [6.07, 6.45) is 0. The number of hydrogen-bond donors (Lipinski definition) is 2. The lowest BCUT2D eigenvalue weighted by Gasteiger charge is -2.27. The molecule has 2 nitrogen and oxygen atoms in total. The zero-order valence-electron chi connectivity index (χ0n) is 10.5. The summed E-state index contributed by atoms with van der Waals surface area (Å²) >= 11 is 0. The van der Waals surface area contributed by atoms with Crippen LogP contribution in [0.2, 0.25) is 0 Å². The van der Waals surface area contributed by atoms with Crippen LogP contribution in [0.15, 0.2) is 42.5 Å². The molecule has 0 heterocycles. The molecule has 0 spiro atoms. The zero-order valence-corrected chi connectivity index (χ0v) is 10.5. The highest BCUT2D eigenvalue weighted by Crippen LogP contribution is 2.29. The van der Waals surface area contributed by atoms with Crippen molar-refractivity contribution >= 4 is 10.8 Å². The van der Waals surface area contributed by atoms with Crippen molar-refractivity contribution in [3.63, 3.8) is 0 Å². The third-order valence-electron chi connectivity index (χ3n) is 3.23. The van der Waals surface area contributed by atoms with Gasteiger partial charge in [-0.2, -0.15) is 0 Å². The summed E-state index contributed by atoms with van der Waals surface area (Å²) in [7, 11) is 0. The first-order valence-electron chi connectivity index (χ1n) is 6.04. The van der Waals surface area contributed by atoms with Crippen LogP contribution in [0.4, 0.5) is 0 Å². The summed E-state index contributed by atoms with van der Waals surface area (Å²) in [5.41, 5.74) is 6.97. The van der Waals surface area contributed by atoms with Gasteiger partial charge in [-0.15, -0.1) is 0 Å². The lowest BCUT2D eigenvalue weighted by molar-refractivity contribution is 0.478. The van der Waals surface area contributed by atoms with Gasteiger partial charge in [-0.1, -0.05) is 56.3 Å². The molecular formula is C15H20N2. The second kappa shape index (κ2) is 4.86. The van der Waals surface area contributed by atoms with E-state index in [-0.39, 0.29) is 5.41 Å². The van der Waals surface area contributed by atoms with Gasteiger partial charge in [0.1, 0.15) is 0 Å². The molecule has 0 bridgehead atoms. The van der Waals surface area contributed by atoms with Crippen molar-refractivity contribution in [2.45, 2.75) is 19.3 Å². The topological polar surface area (TPSA) is 38.0 Å². The molecule has 0 amide bonds. The van der Waals surface area contributed by atoms with Gasteiger partial charge < -0.3 is 11.1 Å². The van der Waals surface area contributed by atoms with E-state index in [0.29, 0.717) is 6.67 Å². The molecule has 2 heteroatoms. The number of nitrogens with one attached hydrogen (secondary N) is 1. The molecule has 2 aromatic rings. The third kappa shape index (κ3) is 2.48. The van der Waals surface area contributed by atoms with Gasteiger partial charge >= 0.3 is 0 Å². The minimum Gasteiger partial charge on any atom is -0.318 e. The van der Waals surface area contributed by atoms with Gasteiger partial charge in [0.25, 0.3) is 0 Å². The molecule has 0 aliphatic carbocycles. The summed E-state index contributed by atoms with van der Waals surface area (Å²) in [4.78, 5) is 0. The molecule has 0 unspecified atom stereocenters. The Hall–Kier alpha value is -1.38. The van der Waals surface area contributed by atoms with E-state index in [1.54, 1.807) is 0 Å². The van der Waals surface area contributed by atoms with E-state index in [9.17, 15) is 0 Å². The quantitative estimate of drug-likeness (QED) is 0.789. The van der Waals surface area contributed by atoms with Crippen molar-refractivity contribution in [1.82, 2.24) is 5.32 Å². The van der Waals surface area contributed by atoms with Crippen LogP contribution in [0.25, 0.3) is 10.8 Å². The standard InChI is InChI=1S/C15H20N2/c1-15(2,10-17-11-16)14-9-5-7-12-6-3-4-8-13(12)14/h3-9,17H,10-11,16H2,1-2H3. The Bertz CT molecular complexity index is 498. The van der Waals surface area contributed by atoms with Gasteiger partial charge in [0.2, 0.25) is 0 Å². The molecule has 0 atom stereocenters. The predicted octanol–water partition coefficient (Wildman–Crippen LogP) is 2.62. The zero-order chi connectivity index (χ0) is 12.3. The van der Waals surface area contributed by atoms with Crippen LogP contribution in [-0.2, 0) is 5.41 Å². The average molecular weight is 228 g/mol. The minimum atomic E-state index is 0.0836. The predicted molar refractivity (Wildman–Crippen MR) is 74.0 cm³/mol. The van der Waals surface area contributed by atoms with Gasteiger partial charge in [0, 0.05) is 18.6 Å². The molecule has 2 aromatic carbocycles. The Morgan fingerprint density at radius 3 is 2.53 bits per heavy atom.